The fourth-order valence-corrected chi connectivity index (χ4v) is 3.25. The van der Waals surface area contributed by atoms with Crippen LogP contribution in [0.2, 0.25) is 5.02 Å². The number of esters is 1. The summed E-state index contributed by atoms with van der Waals surface area (Å²) >= 11 is 6.15. The average molecular weight is 356 g/mol. The lowest BCUT2D eigenvalue weighted by Crippen LogP contribution is -2.37. The number of carbonyl (C=O) groups is 1. The molecule has 5 nitrogen and oxygen atoms in total. The molecule has 2 heterocycles. The topological polar surface area (TPSA) is 48.0 Å². The third-order valence-electron chi connectivity index (χ3n) is 4.18. The van der Waals surface area contributed by atoms with E-state index in [1.54, 1.807) is 19.1 Å². The third-order valence-corrected chi connectivity index (χ3v) is 4.57. The normalized spacial score (nSPS) is 24.4. The predicted octanol–water partition coefficient (Wildman–Crippen LogP) is 3.53. The number of benzene rings is 1. The van der Waals surface area contributed by atoms with E-state index in [0.717, 1.165) is 19.3 Å². The van der Waals surface area contributed by atoms with Crippen LogP contribution in [-0.2, 0) is 19.1 Å². The van der Waals surface area contributed by atoms with Crippen LogP contribution in [0.5, 0.6) is 0 Å². The fraction of sp³-hybridized carbons (Fsp3) is 0.471. The number of nitrogens with zero attached hydrogens (tertiary/aromatic N) is 1. The SMILES string of the molecule is COC(=O)C1=C(c2cccc(F)c2Cl)N(C2CCCCO2)OC1C. The van der Waals surface area contributed by atoms with Crippen LogP contribution in [0.15, 0.2) is 23.8 Å². The van der Waals surface area contributed by atoms with E-state index in [4.69, 9.17) is 25.9 Å². The van der Waals surface area contributed by atoms with E-state index >= 15 is 0 Å². The van der Waals surface area contributed by atoms with Gasteiger partial charge in [-0.1, -0.05) is 23.7 Å². The zero-order valence-corrected chi connectivity index (χ0v) is 14.3. The van der Waals surface area contributed by atoms with Gasteiger partial charge in [0.05, 0.1) is 23.4 Å². The molecule has 0 radical (unpaired) electrons. The summed E-state index contributed by atoms with van der Waals surface area (Å²) in [5.41, 5.74) is 1.10. The minimum Gasteiger partial charge on any atom is -0.466 e. The highest BCUT2D eigenvalue weighted by Gasteiger charge is 2.41. The molecule has 130 valence electrons. The molecule has 2 aliphatic heterocycles. The van der Waals surface area contributed by atoms with Gasteiger partial charge in [-0.15, -0.1) is 0 Å². The highest BCUT2D eigenvalue weighted by atomic mass is 35.5. The van der Waals surface area contributed by atoms with E-state index < -0.39 is 17.9 Å². The lowest BCUT2D eigenvalue weighted by atomic mass is 10.0. The van der Waals surface area contributed by atoms with Gasteiger partial charge in [0.1, 0.15) is 11.9 Å². The van der Waals surface area contributed by atoms with E-state index in [2.05, 4.69) is 0 Å². The highest BCUT2D eigenvalue weighted by Crippen LogP contribution is 2.40. The van der Waals surface area contributed by atoms with Crippen molar-refractivity contribution in [3.05, 3.63) is 40.2 Å². The number of carbonyl (C=O) groups excluding carboxylic acids is 1. The number of methoxy groups -OCH3 is 1. The Bertz CT molecular complexity index is 673. The second-order valence-electron chi connectivity index (χ2n) is 5.75. The Morgan fingerprint density at radius 2 is 2.21 bits per heavy atom. The van der Waals surface area contributed by atoms with Crippen LogP contribution in [0.4, 0.5) is 4.39 Å². The Morgan fingerprint density at radius 1 is 1.42 bits per heavy atom. The van der Waals surface area contributed by atoms with E-state index in [-0.39, 0.29) is 11.3 Å². The van der Waals surface area contributed by atoms with Gasteiger partial charge < -0.3 is 9.47 Å². The Labute approximate surface area is 144 Å². The molecule has 0 N–H and O–H groups in total. The number of hydrogen-bond donors (Lipinski definition) is 0. The van der Waals surface area contributed by atoms with Gasteiger partial charge in [-0.05, 0) is 32.3 Å². The molecule has 3 rings (SSSR count). The second kappa shape index (κ2) is 7.09. The van der Waals surface area contributed by atoms with E-state index in [1.807, 2.05) is 0 Å². The first-order valence-electron chi connectivity index (χ1n) is 7.89. The highest BCUT2D eigenvalue weighted by molar-refractivity contribution is 6.32. The van der Waals surface area contributed by atoms with Crippen molar-refractivity contribution in [1.29, 1.82) is 0 Å². The molecule has 2 atom stereocenters. The van der Waals surface area contributed by atoms with Gasteiger partial charge in [-0.3, -0.25) is 4.84 Å². The molecule has 0 aliphatic carbocycles. The molecule has 24 heavy (non-hydrogen) atoms. The van der Waals surface area contributed by atoms with E-state index in [1.165, 1.54) is 18.2 Å². The molecule has 1 aromatic carbocycles. The van der Waals surface area contributed by atoms with E-state index in [9.17, 15) is 9.18 Å². The average Bonchev–Trinajstić information content (AvgIpc) is 2.94. The monoisotopic (exact) mass is 355 g/mol. The zero-order valence-electron chi connectivity index (χ0n) is 13.6. The van der Waals surface area contributed by atoms with Crippen molar-refractivity contribution in [2.75, 3.05) is 13.7 Å². The number of hydrogen-bond acceptors (Lipinski definition) is 5. The maximum atomic E-state index is 13.9. The van der Waals surface area contributed by atoms with Gasteiger partial charge in [0.25, 0.3) is 0 Å². The Kier molecular flexibility index (Phi) is 5.08. The Morgan fingerprint density at radius 3 is 2.88 bits per heavy atom. The maximum absolute atomic E-state index is 13.9. The van der Waals surface area contributed by atoms with Crippen molar-refractivity contribution < 1.29 is 23.5 Å². The first kappa shape index (κ1) is 17.2. The molecular weight excluding hydrogens is 337 g/mol. The molecule has 7 heteroatoms. The molecule has 0 aromatic heterocycles. The number of halogens is 2. The second-order valence-corrected chi connectivity index (χ2v) is 6.13. The quantitative estimate of drug-likeness (QED) is 0.776. The summed E-state index contributed by atoms with van der Waals surface area (Å²) in [7, 11) is 1.30. The molecule has 0 spiro atoms. The molecule has 0 saturated carbocycles. The number of ether oxygens (including phenoxy) is 2. The molecule has 2 aliphatic rings. The minimum atomic E-state index is -0.560. The van der Waals surface area contributed by atoms with Gasteiger partial charge in [0, 0.05) is 12.2 Å². The van der Waals surface area contributed by atoms with Crippen LogP contribution in [0, 0.1) is 5.82 Å². The van der Waals surface area contributed by atoms with Gasteiger partial charge in [0.2, 0.25) is 0 Å². The summed E-state index contributed by atoms with van der Waals surface area (Å²) in [5, 5.41) is 1.48. The van der Waals surface area contributed by atoms with Crippen LogP contribution in [0.25, 0.3) is 5.70 Å². The van der Waals surface area contributed by atoms with Crippen molar-refractivity contribution in [1.82, 2.24) is 5.06 Å². The van der Waals surface area contributed by atoms with Crippen molar-refractivity contribution in [2.45, 2.75) is 38.5 Å². The molecule has 1 fully saturated rings. The van der Waals surface area contributed by atoms with Crippen LogP contribution >= 0.6 is 11.6 Å². The molecule has 0 amide bonds. The lowest BCUT2D eigenvalue weighted by Gasteiger charge is -2.33. The largest absolute Gasteiger partial charge is 0.466 e. The fourth-order valence-electron chi connectivity index (χ4n) is 3.03. The number of hydroxylamine groups is 2. The van der Waals surface area contributed by atoms with Crippen molar-refractivity contribution >= 4 is 23.3 Å². The first-order valence-corrected chi connectivity index (χ1v) is 8.27. The number of rotatable bonds is 3. The third kappa shape index (κ3) is 3.01. The summed E-state index contributed by atoms with van der Waals surface area (Å²) < 4.78 is 24.6. The van der Waals surface area contributed by atoms with Gasteiger partial charge in [0.15, 0.2) is 6.23 Å². The van der Waals surface area contributed by atoms with Gasteiger partial charge in [-0.25, -0.2) is 14.2 Å². The molecule has 2 unspecified atom stereocenters. The van der Waals surface area contributed by atoms with Crippen LogP contribution < -0.4 is 0 Å². The Balaban J connectivity index is 2.12. The summed E-state index contributed by atoms with van der Waals surface area (Å²) in [5.74, 6) is -1.09. The van der Waals surface area contributed by atoms with Crippen LogP contribution in [-0.4, -0.2) is 37.1 Å². The van der Waals surface area contributed by atoms with Crippen molar-refractivity contribution in [3.63, 3.8) is 0 Å². The van der Waals surface area contributed by atoms with Gasteiger partial charge >= 0.3 is 5.97 Å². The van der Waals surface area contributed by atoms with Gasteiger partial charge in [-0.2, -0.15) is 0 Å². The van der Waals surface area contributed by atoms with E-state index in [0.29, 0.717) is 23.4 Å². The predicted molar refractivity (Wildman–Crippen MR) is 86.3 cm³/mol. The smallest absolute Gasteiger partial charge is 0.338 e. The molecule has 1 saturated heterocycles. The summed E-state index contributed by atoms with van der Waals surface area (Å²) in [6, 6.07) is 4.47. The minimum absolute atomic E-state index is 0.0626. The molecule has 1 aromatic rings. The molecule has 0 bridgehead atoms. The Hall–Kier alpha value is -1.63. The maximum Gasteiger partial charge on any atom is 0.338 e. The van der Waals surface area contributed by atoms with Crippen molar-refractivity contribution in [2.24, 2.45) is 0 Å². The lowest BCUT2D eigenvalue weighted by molar-refractivity contribution is -0.226. The summed E-state index contributed by atoms with van der Waals surface area (Å²) in [6.45, 7) is 2.35. The first-order chi connectivity index (χ1) is 11.5. The van der Waals surface area contributed by atoms with Crippen LogP contribution in [0.1, 0.15) is 31.7 Å². The zero-order chi connectivity index (χ0) is 17.3. The summed E-state index contributed by atoms with van der Waals surface area (Å²) in [4.78, 5) is 18.1. The summed E-state index contributed by atoms with van der Waals surface area (Å²) in [6.07, 6.45) is 1.81. The molecular formula is C17H19ClFNO4. The standard InChI is InChI=1S/C17H19ClFNO4/c1-10-14(17(21)22-2)16(11-6-5-7-12(19)15(11)18)20(24-10)13-8-3-4-9-23-13/h5-7,10,13H,3-4,8-9H2,1-2H3. The van der Waals surface area contributed by atoms with Crippen LogP contribution in [0.3, 0.4) is 0 Å². The van der Waals surface area contributed by atoms with Crippen molar-refractivity contribution in [3.8, 4) is 0 Å².